The maximum absolute atomic E-state index is 9.48. The monoisotopic (exact) mass is 345 g/mol. The number of rotatable bonds is 6. The van der Waals surface area contributed by atoms with Gasteiger partial charge in [-0.2, -0.15) is 0 Å². The van der Waals surface area contributed by atoms with Crippen molar-refractivity contribution in [2.45, 2.75) is 51.1 Å². The first kappa shape index (κ1) is 18.7. The van der Waals surface area contributed by atoms with E-state index >= 15 is 0 Å². The molecule has 0 spiro atoms. The second-order valence-electron chi connectivity index (χ2n) is 7.80. The molecule has 0 saturated carbocycles. The van der Waals surface area contributed by atoms with E-state index in [0.717, 1.165) is 13.1 Å². The summed E-state index contributed by atoms with van der Waals surface area (Å²) in [6.45, 7) is 6.72. The fraction of sp³-hybridized carbons (Fsp3) is 0.714. The van der Waals surface area contributed by atoms with Crippen LogP contribution in [-0.2, 0) is 6.54 Å². The van der Waals surface area contributed by atoms with Crippen molar-refractivity contribution >= 4 is 5.69 Å². The van der Waals surface area contributed by atoms with Gasteiger partial charge in [-0.1, -0.05) is 25.0 Å². The van der Waals surface area contributed by atoms with Gasteiger partial charge in [0.1, 0.15) is 0 Å². The Bertz CT molecular complexity index is 488. The number of nitrogens with zero attached hydrogens (tertiary/aromatic N) is 3. The standard InChI is InChI=1S/C21H35N3O/c1-22-14-10-21(11-15-22)24(16-17-25)18-19-6-8-20(9-7-19)23-12-4-2-3-5-13-23/h6-9,21,25H,2-5,10-18H2,1H3. The Morgan fingerprint density at radius 3 is 2.20 bits per heavy atom. The number of benzene rings is 1. The molecule has 0 aromatic heterocycles. The molecule has 3 rings (SSSR count). The van der Waals surface area contributed by atoms with Gasteiger partial charge in [0.2, 0.25) is 0 Å². The third-order valence-corrected chi connectivity index (χ3v) is 5.88. The number of piperidine rings is 1. The largest absolute Gasteiger partial charge is 0.395 e. The summed E-state index contributed by atoms with van der Waals surface area (Å²) in [6, 6.07) is 9.78. The summed E-state index contributed by atoms with van der Waals surface area (Å²) < 4.78 is 0. The summed E-state index contributed by atoms with van der Waals surface area (Å²) >= 11 is 0. The first-order chi connectivity index (χ1) is 12.3. The summed E-state index contributed by atoms with van der Waals surface area (Å²) in [5, 5.41) is 9.48. The molecule has 0 bridgehead atoms. The molecule has 2 fully saturated rings. The average Bonchev–Trinajstić information content (AvgIpc) is 2.92. The van der Waals surface area contributed by atoms with Crippen LogP contribution >= 0.6 is 0 Å². The highest BCUT2D eigenvalue weighted by atomic mass is 16.3. The SMILES string of the molecule is CN1CCC(N(CCO)Cc2ccc(N3CCCCCC3)cc2)CC1. The molecule has 25 heavy (non-hydrogen) atoms. The van der Waals surface area contributed by atoms with Crippen LogP contribution in [0.5, 0.6) is 0 Å². The summed E-state index contributed by atoms with van der Waals surface area (Å²) in [5.74, 6) is 0. The van der Waals surface area contributed by atoms with Gasteiger partial charge in [-0.05, 0) is 63.5 Å². The van der Waals surface area contributed by atoms with Gasteiger partial charge in [-0.15, -0.1) is 0 Å². The molecular formula is C21H35N3O. The summed E-state index contributed by atoms with van der Waals surface area (Å²) in [6.07, 6.45) is 7.82. The Labute approximate surface area is 153 Å². The van der Waals surface area contributed by atoms with E-state index in [1.54, 1.807) is 0 Å². The van der Waals surface area contributed by atoms with Crippen molar-refractivity contribution < 1.29 is 5.11 Å². The molecule has 140 valence electrons. The number of anilines is 1. The van der Waals surface area contributed by atoms with E-state index in [4.69, 9.17) is 0 Å². The quantitative estimate of drug-likeness (QED) is 0.858. The van der Waals surface area contributed by atoms with Gasteiger partial charge in [0, 0.05) is 37.9 Å². The molecule has 0 atom stereocenters. The fourth-order valence-electron chi connectivity index (χ4n) is 4.25. The number of aliphatic hydroxyl groups is 1. The molecule has 2 saturated heterocycles. The Morgan fingerprint density at radius 1 is 0.960 bits per heavy atom. The van der Waals surface area contributed by atoms with Gasteiger partial charge in [0.05, 0.1) is 6.61 Å². The minimum Gasteiger partial charge on any atom is -0.395 e. The Morgan fingerprint density at radius 2 is 1.60 bits per heavy atom. The first-order valence-corrected chi connectivity index (χ1v) is 10.1. The van der Waals surface area contributed by atoms with Crippen LogP contribution in [0.15, 0.2) is 24.3 Å². The third kappa shape index (κ3) is 5.44. The maximum Gasteiger partial charge on any atom is 0.0558 e. The lowest BCUT2D eigenvalue weighted by atomic mass is 10.0. The predicted octanol–water partition coefficient (Wildman–Crippen LogP) is 2.96. The van der Waals surface area contributed by atoms with E-state index in [2.05, 4.69) is 46.0 Å². The Kier molecular flexibility index (Phi) is 7.14. The van der Waals surface area contributed by atoms with E-state index < -0.39 is 0 Å². The Balaban J connectivity index is 1.60. The molecule has 1 N–H and O–H groups in total. The van der Waals surface area contributed by atoms with Gasteiger partial charge in [0.25, 0.3) is 0 Å². The maximum atomic E-state index is 9.48. The van der Waals surface area contributed by atoms with E-state index in [1.165, 1.54) is 76.0 Å². The van der Waals surface area contributed by atoms with Crippen molar-refractivity contribution in [3.63, 3.8) is 0 Å². The minimum atomic E-state index is 0.248. The van der Waals surface area contributed by atoms with Crippen LogP contribution in [0.4, 0.5) is 5.69 Å². The zero-order chi connectivity index (χ0) is 17.5. The minimum absolute atomic E-state index is 0.248. The zero-order valence-corrected chi connectivity index (χ0v) is 15.9. The smallest absolute Gasteiger partial charge is 0.0558 e. The van der Waals surface area contributed by atoms with Crippen LogP contribution < -0.4 is 4.90 Å². The van der Waals surface area contributed by atoms with Gasteiger partial charge < -0.3 is 14.9 Å². The van der Waals surface area contributed by atoms with Crippen LogP contribution in [0.25, 0.3) is 0 Å². The number of hydrogen-bond donors (Lipinski definition) is 1. The second kappa shape index (κ2) is 9.56. The van der Waals surface area contributed by atoms with Gasteiger partial charge >= 0.3 is 0 Å². The molecule has 4 nitrogen and oxygen atoms in total. The fourth-order valence-corrected chi connectivity index (χ4v) is 4.25. The van der Waals surface area contributed by atoms with Gasteiger partial charge in [0.15, 0.2) is 0 Å². The van der Waals surface area contributed by atoms with Crippen molar-refractivity contribution in [3.8, 4) is 0 Å². The first-order valence-electron chi connectivity index (χ1n) is 10.1. The molecule has 0 radical (unpaired) electrons. The molecule has 1 aromatic carbocycles. The van der Waals surface area contributed by atoms with Gasteiger partial charge in [-0.25, -0.2) is 0 Å². The van der Waals surface area contributed by atoms with E-state index in [9.17, 15) is 5.11 Å². The van der Waals surface area contributed by atoms with Crippen molar-refractivity contribution in [1.82, 2.24) is 9.80 Å². The second-order valence-corrected chi connectivity index (χ2v) is 7.80. The van der Waals surface area contributed by atoms with Gasteiger partial charge in [-0.3, -0.25) is 4.90 Å². The lowest BCUT2D eigenvalue weighted by molar-refractivity contribution is 0.0941. The van der Waals surface area contributed by atoms with Crippen molar-refractivity contribution in [2.24, 2.45) is 0 Å². The summed E-state index contributed by atoms with van der Waals surface area (Å²) in [5.41, 5.74) is 2.74. The molecule has 4 heteroatoms. The van der Waals surface area contributed by atoms with E-state index in [1.807, 2.05) is 0 Å². The highest BCUT2D eigenvalue weighted by molar-refractivity contribution is 5.47. The zero-order valence-electron chi connectivity index (χ0n) is 15.9. The number of likely N-dealkylation sites (tertiary alicyclic amines) is 1. The Hall–Kier alpha value is -1.10. The third-order valence-electron chi connectivity index (χ3n) is 5.88. The normalized spacial score (nSPS) is 20.8. The summed E-state index contributed by atoms with van der Waals surface area (Å²) in [7, 11) is 2.20. The molecule has 2 aliphatic heterocycles. The van der Waals surface area contributed by atoms with Crippen LogP contribution in [0.1, 0.15) is 44.1 Å². The molecular weight excluding hydrogens is 310 g/mol. The number of aliphatic hydroxyl groups excluding tert-OH is 1. The van der Waals surface area contributed by atoms with E-state index in [-0.39, 0.29) is 6.61 Å². The number of hydrogen-bond acceptors (Lipinski definition) is 4. The van der Waals surface area contributed by atoms with Crippen molar-refractivity contribution in [3.05, 3.63) is 29.8 Å². The molecule has 0 aliphatic carbocycles. The highest BCUT2D eigenvalue weighted by Crippen LogP contribution is 2.22. The lowest BCUT2D eigenvalue weighted by Gasteiger charge is -2.37. The highest BCUT2D eigenvalue weighted by Gasteiger charge is 2.23. The van der Waals surface area contributed by atoms with E-state index in [0.29, 0.717) is 6.04 Å². The molecule has 0 unspecified atom stereocenters. The van der Waals surface area contributed by atoms with Crippen LogP contribution in [0.3, 0.4) is 0 Å². The van der Waals surface area contributed by atoms with Crippen LogP contribution in [0, 0.1) is 0 Å². The summed E-state index contributed by atoms with van der Waals surface area (Å²) in [4.78, 5) is 7.43. The molecule has 0 amide bonds. The lowest BCUT2D eigenvalue weighted by Crippen LogP contribution is -2.44. The van der Waals surface area contributed by atoms with Crippen molar-refractivity contribution in [2.75, 3.05) is 51.3 Å². The van der Waals surface area contributed by atoms with Crippen molar-refractivity contribution in [1.29, 1.82) is 0 Å². The predicted molar refractivity (Wildman–Crippen MR) is 105 cm³/mol. The molecule has 2 aliphatic rings. The molecule has 2 heterocycles. The molecule has 1 aromatic rings. The topological polar surface area (TPSA) is 30.0 Å². The van der Waals surface area contributed by atoms with Crippen LogP contribution in [-0.4, -0.2) is 67.3 Å². The van der Waals surface area contributed by atoms with Crippen LogP contribution in [0.2, 0.25) is 0 Å². The average molecular weight is 346 g/mol.